The molecule has 0 N–H and O–H groups in total. The number of rotatable bonds is 3. The lowest BCUT2D eigenvalue weighted by Gasteiger charge is -2.22. The molecule has 0 saturated heterocycles. The maximum atomic E-state index is 12.4. The summed E-state index contributed by atoms with van der Waals surface area (Å²) in [4.78, 5) is 14.4. The first-order valence-corrected chi connectivity index (χ1v) is 7.08. The van der Waals surface area contributed by atoms with E-state index in [1.807, 2.05) is 36.9 Å². The second-order valence-electron chi connectivity index (χ2n) is 5.32. The summed E-state index contributed by atoms with van der Waals surface area (Å²) in [5.41, 5.74) is 1.84. The molecule has 0 bridgehead atoms. The van der Waals surface area contributed by atoms with Crippen LogP contribution in [0.3, 0.4) is 0 Å². The fraction of sp³-hybridized carbons (Fsp3) is 0.500. The van der Waals surface area contributed by atoms with Crippen LogP contribution in [-0.2, 0) is 10.2 Å². The summed E-state index contributed by atoms with van der Waals surface area (Å²) in [6, 6.07) is 8.11. The van der Waals surface area contributed by atoms with Crippen LogP contribution in [0.1, 0.15) is 26.3 Å². The Bertz CT molecular complexity index is 442. The lowest BCUT2D eigenvalue weighted by molar-refractivity contribution is -0.122. The van der Waals surface area contributed by atoms with E-state index in [0.29, 0.717) is 5.92 Å². The number of hydrogen-bond acceptors (Lipinski definition) is 1. The Morgan fingerprint density at radius 1 is 1.35 bits per heavy atom. The Morgan fingerprint density at radius 2 is 2.00 bits per heavy atom. The third kappa shape index (κ3) is 2.01. The molecule has 0 saturated carbocycles. The molecule has 0 spiro atoms. The van der Waals surface area contributed by atoms with Crippen LogP contribution in [-0.4, -0.2) is 17.8 Å². The average Bonchev–Trinajstić information content (AvgIpc) is 2.51. The number of halogens is 1. The number of hydrogen-bond donors (Lipinski definition) is 0. The topological polar surface area (TPSA) is 20.3 Å². The predicted molar refractivity (Wildman–Crippen MR) is 74.8 cm³/mol. The van der Waals surface area contributed by atoms with Crippen molar-refractivity contribution in [3.63, 3.8) is 0 Å². The van der Waals surface area contributed by atoms with Crippen molar-refractivity contribution in [2.45, 2.75) is 26.2 Å². The molecule has 1 atom stereocenters. The van der Waals surface area contributed by atoms with E-state index in [9.17, 15) is 4.79 Å². The fourth-order valence-electron chi connectivity index (χ4n) is 2.34. The number of fused-ring (bicyclic) bond motifs is 1. The Hall–Kier alpha value is -0.830. The minimum absolute atomic E-state index is 0.214. The maximum Gasteiger partial charge on any atom is 0.237 e. The average molecular weight is 296 g/mol. The van der Waals surface area contributed by atoms with Gasteiger partial charge in [-0.3, -0.25) is 4.79 Å². The molecule has 1 aliphatic heterocycles. The molecule has 0 aromatic heterocycles. The van der Waals surface area contributed by atoms with Crippen LogP contribution < -0.4 is 4.90 Å². The maximum absolute atomic E-state index is 12.4. The molecule has 0 fully saturated rings. The summed E-state index contributed by atoms with van der Waals surface area (Å²) in [6.07, 6.45) is 0. The van der Waals surface area contributed by atoms with Crippen LogP contribution in [0.2, 0.25) is 0 Å². The van der Waals surface area contributed by atoms with E-state index in [-0.39, 0.29) is 11.3 Å². The van der Waals surface area contributed by atoms with Gasteiger partial charge in [0.25, 0.3) is 0 Å². The number of para-hydroxylation sites is 1. The Balaban J connectivity index is 2.39. The van der Waals surface area contributed by atoms with Crippen LogP contribution in [0, 0.1) is 5.92 Å². The van der Waals surface area contributed by atoms with Crippen molar-refractivity contribution in [2.24, 2.45) is 5.92 Å². The summed E-state index contributed by atoms with van der Waals surface area (Å²) >= 11 is 3.47. The van der Waals surface area contributed by atoms with Crippen LogP contribution >= 0.6 is 15.9 Å². The summed E-state index contributed by atoms with van der Waals surface area (Å²) in [5, 5.41) is 0.916. The first kappa shape index (κ1) is 12.6. The van der Waals surface area contributed by atoms with Gasteiger partial charge in [-0.05, 0) is 31.4 Å². The zero-order valence-electron chi connectivity index (χ0n) is 10.5. The largest absolute Gasteiger partial charge is 0.311 e. The normalized spacial score (nSPS) is 19.3. The molecule has 1 aliphatic rings. The fourth-order valence-corrected chi connectivity index (χ4v) is 2.55. The molecule has 1 aromatic rings. The van der Waals surface area contributed by atoms with Gasteiger partial charge in [-0.15, -0.1) is 0 Å². The quantitative estimate of drug-likeness (QED) is 0.783. The Kier molecular flexibility index (Phi) is 3.30. The first-order chi connectivity index (χ1) is 7.98. The van der Waals surface area contributed by atoms with Gasteiger partial charge in [-0.25, -0.2) is 0 Å². The molecule has 1 heterocycles. The van der Waals surface area contributed by atoms with Crippen molar-refractivity contribution in [3.05, 3.63) is 29.8 Å². The van der Waals surface area contributed by atoms with Crippen molar-refractivity contribution in [1.82, 2.24) is 0 Å². The van der Waals surface area contributed by atoms with Gasteiger partial charge in [0.05, 0.1) is 5.41 Å². The lowest BCUT2D eigenvalue weighted by atomic mass is 9.86. The second kappa shape index (κ2) is 4.45. The van der Waals surface area contributed by atoms with Gasteiger partial charge in [0.2, 0.25) is 5.91 Å². The van der Waals surface area contributed by atoms with Gasteiger partial charge in [-0.2, -0.15) is 0 Å². The molecule has 2 nitrogen and oxygen atoms in total. The highest BCUT2D eigenvalue weighted by Crippen LogP contribution is 2.41. The number of anilines is 1. The van der Waals surface area contributed by atoms with Gasteiger partial charge >= 0.3 is 0 Å². The van der Waals surface area contributed by atoms with E-state index in [4.69, 9.17) is 0 Å². The summed E-state index contributed by atoms with van der Waals surface area (Å²) < 4.78 is 0. The highest BCUT2D eigenvalue weighted by atomic mass is 79.9. The van der Waals surface area contributed by atoms with Crippen molar-refractivity contribution in [3.8, 4) is 0 Å². The smallest absolute Gasteiger partial charge is 0.237 e. The first-order valence-electron chi connectivity index (χ1n) is 5.96. The molecule has 0 aliphatic carbocycles. The standard InChI is InChI=1S/C14H18BrNO/c1-10(8-15)9-16-12-7-5-4-6-11(12)14(2,3)13(16)17/h4-7,10H,8-9H2,1-3H3. The van der Waals surface area contributed by atoms with Crippen molar-refractivity contribution < 1.29 is 4.79 Å². The number of alkyl halides is 1. The number of carbonyl (C=O) groups is 1. The molecule has 92 valence electrons. The Labute approximate surface area is 111 Å². The van der Waals surface area contributed by atoms with Crippen LogP contribution in [0.5, 0.6) is 0 Å². The van der Waals surface area contributed by atoms with E-state index in [2.05, 4.69) is 28.9 Å². The van der Waals surface area contributed by atoms with E-state index >= 15 is 0 Å². The molecule has 17 heavy (non-hydrogen) atoms. The zero-order valence-corrected chi connectivity index (χ0v) is 12.1. The SMILES string of the molecule is CC(CBr)CN1C(=O)C(C)(C)c2ccccc21. The van der Waals surface area contributed by atoms with Crippen LogP contribution in [0.25, 0.3) is 0 Å². The van der Waals surface area contributed by atoms with E-state index in [0.717, 1.165) is 23.1 Å². The van der Waals surface area contributed by atoms with E-state index < -0.39 is 0 Å². The van der Waals surface area contributed by atoms with E-state index in [1.165, 1.54) is 0 Å². The highest BCUT2D eigenvalue weighted by Gasteiger charge is 2.43. The summed E-state index contributed by atoms with van der Waals surface area (Å²) in [5.74, 6) is 0.674. The molecule has 0 radical (unpaired) electrons. The van der Waals surface area contributed by atoms with Gasteiger partial charge in [0, 0.05) is 17.6 Å². The summed E-state index contributed by atoms with van der Waals surface area (Å²) in [7, 11) is 0. The zero-order chi connectivity index (χ0) is 12.6. The van der Waals surface area contributed by atoms with Gasteiger partial charge in [-0.1, -0.05) is 41.1 Å². The lowest BCUT2D eigenvalue weighted by Crippen LogP contribution is -2.38. The molecule has 2 rings (SSSR count). The number of amides is 1. The third-order valence-electron chi connectivity index (χ3n) is 3.41. The summed E-state index contributed by atoms with van der Waals surface area (Å²) in [6.45, 7) is 6.94. The Morgan fingerprint density at radius 3 is 2.65 bits per heavy atom. The number of benzene rings is 1. The molecular formula is C14H18BrNO. The van der Waals surface area contributed by atoms with Gasteiger partial charge in [0.15, 0.2) is 0 Å². The number of carbonyl (C=O) groups excluding carboxylic acids is 1. The molecule has 1 aromatic carbocycles. The molecular weight excluding hydrogens is 278 g/mol. The van der Waals surface area contributed by atoms with Gasteiger partial charge in [0.1, 0.15) is 0 Å². The molecule has 3 heteroatoms. The third-order valence-corrected chi connectivity index (χ3v) is 4.51. The van der Waals surface area contributed by atoms with Crippen molar-refractivity contribution >= 4 is 27.5 Å². The predicted octanol–water partition coefficient (Wildman–Crippen LogP) is 3.34. The van der Waals surface area contributed by atoms with Crippen molar-refractivity contribution in [1.29, 1.82) is 0 Å². The number of nitrogens with zero attached hydrogens (tertiary/aromatic N) is 1. The second-order valence-corrected chi connectivity index (χ2v) is 5.96. The minimum Gasteiger partial charge on any atom is -0.311 e. The van der Waals surface area contributed by atoms with Crippen molar-refractivity contribution in [2.75, 3.05) is 16.8 Å². The molecule has 1 unspecified atom stereocenters. The molecule has 1 amide bonds. The monoisotopic (exact) mass is 295 g/mol. The van der Waals surface area contributed by atoms with Crippen LogP contribution in [0.15, 0.2) is 24.3 Å². The van der Waals surface area contributed by atoms with Crippen LogP contribution in [0.4, 0.5) is 5.69 Å². The minimum atomic E-state index is -0.386. The van der Waals surface area contributed by atoms with Gasteiger partial charge < -0.3 is 4.90 Å². The van der Waals surface area contributed by atoms with E-state index in [1.54, 1.807) is 0 Å². The highest BCUT2D eigenvalue weighted by molar-refractivity contribution is 9.09.